The summed E-state index contributed by atoms with van der Waals surface area (Å²) >= 11 is 0. The number of imide groups is 2. The molecule has 0 aromatic heterocycles. The highest BCUT2D eigenvalue weighted by Gasteiger charge is 2.45. The third-order valence-electron chi connectivity index (χ3n) is 2.00. The molecule has 16 heavy (non-hydrogen) atoms. The fourth-order valence-electron chi connectivity index (χ4n) is 1.38. The minimum absolute atomic E-state index is 0.0211. The van der Waals surface area contributed by atoms with E-state index in [1.54, 1.807) is 13.8 Å². The molecule has 0 aliphatic carbocycles. The summed E-state index contributed by atoms with van der Waals surface area (Å²) in [6.07, 6.45) is -2.83. The monoisotopic (exact) mass is 234 g/mol. The van der Waals surface area contributed by atoms with Crippen molar-refractivity contribution in [3.8, 4) is 0 Å². The molecule has 0 unspecified atom stereocenters. The molecule has 7 heteroatoms. The van der Waals surface area contributed by atoms with Crippen molar-refractivity contribution in [3.63, 3.8) is 0 Å². The van der Waals surface area contributed by atoms with Gasteiger partial charge in [0.2, 0.25) is 0 Å². The molecule has 0 aromatic carbocycles. The highest BCUT2D eigenvalue weighted by atomic mass is 19.3. The van der Waals surface area contributed by atoms with Crippen molar-refractivity contribution in [2.45, 2.75) is 20.3 Å². The molecule has 1 rings (SSSR count). The topological polar surface area (TPSA) is 57.7 Å². The average Bonchev–Trinajstić information content (AvgIpc) is 2.34. The Morgan fingerprint density at radius 3 is 1.81 bits per heavy atom. The van der Waals surface area contributed by atoms with Gasteiger partial charge >= 0.3 is 17.8 Å². The Morgan fingerprint density at radius 2 is 1.44 bits per heavy atom. The van der Waals surface area contributed by atoms with Crippen molar-refractivity contribution < 1.29 is 23.2 Å². The Labute approximate surface area is 91.0 Å². The van der Waals surface area contributed by atoms with Gasteiger partial charge in [0.25, 0.3) is 6.43 Å². The van der Waals surface area contributed by atoms with Gasteiger partial charge in [0.1, 0.15) is 0 Å². The SMILES string of the molecule is CC(C)CN1C(=O)C(=O)N(CC(F)F)C1=O. The molecule has 0 aromatic rings. The first-order chi connectivity index (χ1) is 7.34. The second kappa shape index (κ2) is 4.54. The number of carbonyl (C=O) groups excluding carboxylic acids is 3. The van der Waals surface area contributed by atoms with Gasteiger partial charge in [0.15, 0.2) is 0 Å². The average molecular weight is 234 g/mol. The van der Waals surface area contributed by atoms with Crippen LogP contribution in [0.4, 0.5) is 13.6 Å². The Bertz CT molecular complexity index is 301. The maximum Gasteiger partial charge on any atom is 0.334 e. The van der Waals surface area contributed by atoms with Crippen LogP contribution in [0, 0.1) is 5.92 Å². The molecule has 0 saturated carbocycles. The zero-order valence-electron chi connectivity index (χ0n) is 8.94. The molecule has 0 spiro atoms. The summed E-state index contributed by atoms with van der Waals surface area (Å²) in [5.74, 6) is -2.22. The first kappa shape index (κ1) is 12.5. The van der Waals surface area contributed by atoms with E-state index >= 15 is 0 Å². The second-order valence-electron chi connectivity index (χ2n) is 3.90. The summed E-state index contributed by atoms with van der Waals surface area (Å²) < 4.78 is 24.1. The number of hydrogen-bond acceptors (Lipinski definition) is 3. The lowest BCUT2D eigenvalue weighted by atomic mass is 10.2. The van der Waals surface area contributed by atoms with Crippen LogP contribution in [-0.2, 0) is 9.59 Å². The fraction of sp³-hybridized carbons (Fsp3) is 0.667. The zero-order valence-corrected chi connectivity index (χ0v) is 8.94. The van der Waals surface area contributed by atoms with Crippen LogP contribution < -0.4 is 0 Å². The first-order valence-corrected chi connectivity index (χ1v) is 4.80. The van der Waals surface area contributed by atoms with E-state index in [0.717, 1.165) is 0 Å². The van der Waals surface area contributed by atoms with Gasteiger partial charge in [0.05, 0.1) is 6.54 Å². The first-order valence-electron chi connectivity index (χ1n) is 4.80. The van der Waals surface area contributed by atoms with Crippen LogP contribution in [0.1, 0.15) is 13.8 Å². The van der Waals surface area contributed by atoms with Crippen LogP contribution in [0.2, 0.25) is 0 Å². The molecule has 0 N–H and O–H groups in total. The number of rotatable bonds is 4. The van der Waals surface area contributed by atoms with E-state index in [1.165, 1.54) is 0 Å². The fourth-order valence-corrected chi connectivity index (χ4v) is 1.38. The van der Waals surface area contributed by atoms with Crippen molar-refractivity contribution >= 4 is 17.8 Å². The number of amides is 4. The molecule has 1 saturated heterocycles. The number of nitrogens with zero attached hydrogens (tertiary/aromatic N) is 2. The van der Waals surface area contributed by atoms with Crippen LogP contribution in [0.5, 0.6) is 0 Å². The molecule has 1 heterocycles. The van der Waals surface area contributed by atoms with E-state index in [0.29, 0.717) is 4.90 Å². The Morgan fingerprint density at radius 1 is 1.00 bits per heavy atom. The molecular weight excluding hydrogens is 222 g/mol. The molecule has 1 fully saturated rings. The van der Waals surface area contributed by atoms with Gasteiger partial charge < -0.3 is 0 Å². The number of alkyl halides is 2. The van der Waals surface area contributed by atoms with E-state index in [4.69, 9.17) is 0 Å². The molecule has 5 nitrogen and oxygen atoms in total. The molecule has 90 valence electrons. The quantitative estimate of drug-likeness (QED) is 0.531. The highest BCUT2D eigenvalue weighted by Crippen LogP contribution is 2.15. The van der Waals surface area contributed by atoms with Crippen LogP contribution in [0.3, 0.4) is 0 Å². The van der Waals surface area contributed by atoms with Gasteiger partial charge in [-0.15, -0.1) is 0 Å². The largest absolute Gasteiger partial charge is 0.334 e. The van der Waals surface area contributed by atoms with Gasteiger partial charge in [0, 0.05) is 6.54 Å². The van der Waals surface area contributed by atoms with Gasteiger partial charge in [-0.1, -0.05) is 13.8 Å². The smallest absolute Gasteiger partial charge is 0.263 e. The van der Waals surface area contributed by atoms with E-state index in [9.17, 15) is 23.2 Å². The lowest BCUT2D eigenvalue weighted by molar-refractivity contribution is -0.143. The van der Waals surface area contributed by atoms with Crippen molar-refractivity contribution in [1.82, 2.24) is 9.80 Å². The van der Waals surface area contributed by atoms with Gasteiger partial charge in [-0.25, -0.2) is 18.5 Å². The molecule has 0 radical (unpaired) electrons. The molecular formula is C9H12F2N2O3. The minimum Gasteiger partial charge on any atom is -0.263 e. The van der Waals surface area contributed by atoms with E-state index < -0.39 is 30.8 Å². The third-order valence-corrected chi connectivity index (χ3v) is 2.00. The molecule has 1 aliphatic heterocycles. The summed E-state index contributed by atoms with van der Waals surface area (Å²) in [5, 5.41) is 0. The normalized spacial score (nSPS) is 17.2. The molecule has 1 aliphatic rings. The Kier molecular flexibility index (Phi) is 3.56. The van der Waals surface area contributed by atoms with Crippen LogP contribution in [0.15, 0.2) is 0 Å². The summed E-state index contributed by atoms with van der Waals surface area (Å²) in [6.45, 7) is 2.53. The van der Waals surface area contributed by atoms with Crippen molar-refractivity contribution in [1.29, 1.82) is 0 Å². The summed E-state index contributed by atoms with van der Waals surface area (Å²) in [7, 11) is 0. The standard InChI is InChI=1S/C9H12F2N2O3/c1-5(2)3-12-7(14)8(15)13(9(12)16)4-6(10)11/h5-6H,3-4H2,1-2H3. The Hall–Kier alpha value is -1.53. The van der Waals surface area contributed by atoms with E-state index in [2.05, 4.69) is 0 Å². The number of halogens is 2. The lowest BCUT2D eigenvalue weighted by Crippen LogP contribution is -2.37. The predicted octanol–water partition coefficient (Wildman–Crippen LogP) is 0.698. The van der Waals surface area contributed by atoms with E-state index in [-0.39, 0.29) is 17.4 Å². The van der Waals surface area contributed by atoms with E-state index in [1.807, 2.05) is 0 Å². The zero-order chi connectivity index (χ0) is 12.5. The maximum atomic E-state index is 12.1. The van der Waals surface area contributed by atoms with Gasteiger partial charge in [-0.2, -0.15) is 0 Å². The van der Waals surface area contributed by atoms with Crippen molar-refractivity contribution in [2.75, 3.05) is 13.1 Å². The number of urea groups is 1. The molecule has 4 amide bonds. The van der Waals surface area contributed by atoms with Gasteiger partial charge in [-0.3, -0.25) is 14.5 Å². The van der Waals surface area contributed by atoms with Crippen LogP contribution >= 0.6 is 0 Å². The summed E-state index contributed by atoms with van der Waals surface area (Å²) in [5.41, 5.74) is 0. The maximum absolute atomic E-state index is 12.1. The summed E-state index contributed by atoms with van der Waals surface area (Å²) in [4.78, 5) is 35.0. The van der Waals surface area contributed by atoms with Crippen molar-refractivity contribution in [2.24, 2.45) is 5.92 Å². The summed E-state index contributed by atoms with van der Waals surface area (Å²) in [6, 6.07) is -0.955. The molecule has 0 bridgehead atoms. The minimum atomic E-state index is -2.83. The van der Waals surface area contributed by atoms with Gasteiger partial charge in [-0.05, 0) is 5.92 Å². The predicted molar refractivity (Wildman–Crippen MR) is 49.7 cm³/mol. The molecule has 0 atom stereocenters. The Balaban J connectivity index is 2.82. The third kappa shape index (κ3) is 2.34. The number of carbonyl (C=O) groups is 3. The highest BCUT2D eigenvalue weighted by molar-refractivity contribution is 6.44. The van der Waals surface area contributed by atoms with Crippen LogP contribution in [-0.4, -0.2) is 47.2 Å². The van der Waals surface area contributed by atoms with Crippen molar-refractivity contribution in [3.05, 3.63) is 0 Å². The lowest BCUT2D eigenvalue weighted by Gasteiger charge is -2.16. The number of hydrogen-bond donors (Lipinski definition) is 0. The van der Waals surface area contributed by atoms with Crippen LogP contribution in [0.25, 0.3) is 0 Å². The second-order valence-corrected chi connectivity index (χ2v) is 3.90.